The normalized spacial score (nSPS) is 12.1. The molecule has 1 atom stereocenters. The van der Waals surface area contributed by atoms with Crippen molar-refractivity contribution in [3.05, 3.63) is 59.9 Å². The predicted octanol–water partition coefficient (Wildman–Crippen LogP) is 3.13. The minimum atomic E-state index is -0.319. The van der Waals surface area contributed by atoms with E-state index in [1.807, 2.05) is 32.0 Å². The second-order valence-corrected chi connectivity index (χ2v) is 4.96. The summed E-state index contributed by atoms with van der Waals surface area (Å²) in [4.78, 5) is 16.2. The lowest BCUT2D eigenvalue weighted by Crippen LogP contribution is -2.26. The summed E-state index contributed by atoms with van der Waals surface area (Å²) in [5.41, 5.74) is 0.984. The van der Waals surface area contributed by atoms with Crippen LogP contribution in [0, 0.1) is 6.92 Å². The van der Waals surface area contributed by atoms with Crippen molar-refractivity contribution in [2.45, 2.75) is 19.9 Å². The van der Waals surface area contributed by atoms with Crippen LogP contribution in [0.1, 0.15) is 35.0 Å². The van der Waals surface area contributed by atoms with Crippen molar-refractivity contribution in [3.8, 4) is 11.3 Å². The first-order valence-electron chi connectivity index (χ1n) is 6.88. The third-order valence-corrected chi connectivity index (χ3v) is 3.22. The molecule has 3 aromatic rings. The third-order valence-electron chi connectivity index (χ3n) is 3.22. The zero-order valence-electron chi connectivity index (χ0n) is 12.2. The molecule has 112 valence electrons. The maximum Gasteiger partial charge on any atom is 0.274 e. The van der Waals surface area contributed by atoms with E-state index < -0.39 is 0 Å². The summed E-state index contributed by atoms with van der Waals surface area (Å²) in [5, 5.41) is 6.62. The van der Waals surface area contributed by atoms with Gasteiger partial charge in [-0.25, -0.2) is 0 Å². The Morgan fingerprint density at radius 2 is 2.18 bits per heavy atom. The highest BCUT2D eigenvalue weighted by Crippen LogP contribution is 2.20. The molecule has 0 aliphatic heterocycles. The predicted molar refractivity (Wildman–Crippen MR) is 79.1 cm³/mol. The Hall–Kier alpha value is -2.89. The van der Waals surface area contributed by atoms with Gasteiger partial charge < -0.3 is 14.3 Å². The molecular formula is C16H15N3O3. The number of hydrogen-bond acceptors (Lipinski definition) is 5. The fourth-order valence-electron chi connectivity index (χ4n) is 2.05. The van der Waals surface area contributed by atoms with Gasteiger partial charge in [-0.05, 0) is 38.1 Å². The Bertz CT molecular complexity index is 777. The standard InChI is InChI=1S/C16H15N3O3/c1-10-5-6-14(21-10)11(2)18-16(20)13-8-15(22-19-13)12-4-3-7-17-9-12/h3-9,11H,1-2H3,(H,18,20). The van der Waals surface area contributed by atoms with Crippen molar-refractivity contribution in [1.82, 2.24) is 15.5 Å². The maximum atomic E-state index is 12.2. The van der Waals surface area contributed by atoms with Gasteiger partial charge in [0.05, 0.1) is 6.04 Å². The number of pyridine rings is 1. The van der Waals surface area contributed by atoms with Crippen LogP contribution in [0.4, 0.5) is 0 Å². The van der Waals surface area contributed by atoms with Crippen molar-refractivity contribution in [1.29, 1.82) is 0 Å². The minimum absolute atomic E-state index is 0.217. The van der Waals surface area contributed by atoms with Crippen LogP contribution in [0.25, 0.3) is 11.3 Å². The van der Waals surface area contributed by atoms with Crippen molar-refractivity contribution >= 4 is 5.91 Å². The molecule has 0 fully saturated rings. The molecule has 0 aromatic carbocycles. The largest absolute Gasteiger partial charge is 0.464 e. The molecule has 0 saturated heterocycles. The smallest absolute Gasteiger partial charge is 0.274 e. The van der Waals surface area contributed by atoms with Crippen LogP contribution in [-0.4, -0.2) is 16.0 Å². The summed E-state index contributed by atoms with van der Waals surface area (Å²) in [5.74, 6) is 1.68. The Kier molecular flexibility index (Phi) is 3.74. The lowest BCUT2D eigenvalue weighted by Gasteiger charge is -2.09. The van der Waals surface area contributed by atoms with Gasteiger partial charge in [0.15, 0.2) is 11.5 Å². The van der Waals surface area contributed by atoms with Crippen LogP contribution >= 0.6 is 0 Å². The van der Waals surface area contributed by atoms with E-state index >= 15 is 0 Å². The van der Waals surface area contributed by atoms with Gasteiger partial charge >= 0.3 is 0 Å². The summed E-state index contributed by atoms with van der Waals surface area (Å²) in [6.07, 6.45) is 3.32. The first kappa shape index (κ1) is 14.1. The number of carbonyl (C=O) groups excluding carboxylic acids is 1. The molecule has 0 saturated carbocycles. The number of nitrogens with one attached hydrogen (secondary N) is 1. The zero-order chi connectivity index (χ0) is 15.5. The molecule has 22 heavy (non-hydrogen) atoms. The summed E-state index contributed by atoms with van der Waals surface area (Å²) < 4.78 is 10.7. The Labute approximate surface area is 127 Å². The highest BCUT2D eigenvalue weighted by molar-refractivity contribution is 5.93. The number of hydrogen-bond donors (Lipinski definition) is 1. The number of furan rings is 1. The lowest BCUT2D eigenvalue weighted by atomic mass is 10.2. The Morgan fingerprint density at radius 1 is 1.32 bits per heavy atom. The first-order chi connectivity index (χ1) is 10.6. The van der Waals surface area contributed by atoms with Crippen LogP contribution in [0.15, 0.2) is 51.7 Å². The molecule has 0 aliphatic carbocycles. The summed E-state index contributed by atoms with van der Waals surface area (Å²) in [6.45, 7) is 3.70. The quantitative estimate of drug-likeness (QED) is 0.800. The van der Waals surface area contributed by atoms with Crippen LogP contribution in [-0.2, 0) is 0 Å². The molecule has 1 unspecified atom stereocenters. The van der Waals surface area contributed by atoms with Crippen molar-refractivity contribution < 1.29 is 13.7 Å². The van der Waals surface area contributed by atoms with Gasteiger partial charge in [-0.1, -0.05) is 5.16 Å². The van der Waals surface area contributed by atoms with Gasteiger partial charge in [0, 0.05) is 24.0 Å². The molecule has 3 aromatic heterocycles. The molecular weight excluding hydrogens is 282 g/mol. The van der Waals surface area contributed by atoms with Crippen LogP contribution in [0.5, 0.6) is 0 Å². The molecule has 0 radical (unpaired) electrons. The zero-order valence-corrected chi connectivity index (χ0v) is 12.2. The highest BCUT2D eigenvalue weighted by atomic mass is 16.5. The van der Waals surface area contributed by atoms with E-state index in [1.165, 1.54) is 0 Å². The Morgan fingerprint density at radius 3 is 2.86 bits per heavy atom. The van der Waals surface area contributed by atoms with Crippen LogP contribution in [0.2, 0.25) is 0 Å². The molecule has 6 heteroatoms. The lowest BCUT2D eigenvalue weighted by molar-refractivity contribution is 0.0926. The molecule has 0 aliphatic rings. The summed E-state index contributed by atoms with van der Waals surface area (Å²) in [7, 11) is 0. The second kappa shape index (κ2) is 5.85. The molecule has 6 nitrogen and oxygen atoms in total. The number of amides is 1. The number of aryl methyl sites for hydroxylation is 1. The van der Waals surface area contributed by atoms with Gasteiger partial charge in [0.1, 0.15) is 11.5 Å². The molecule has 3 heterocycles. The van der Waals surface area contributed by atoms with Gasteiger partial charge in [-0.15, -0.1) is 0 Å². The average molecular weight is 297 g/mol. The average Bonchev–Trinajstić information content (AvgIpc) is 3.17. The van der Waals surface area contributed by atoms with Gasteiger partial charge in [-0.3, -0.25) is 9.78 Å². The van der Waals surface area contributed by atoms with Gasteiger partial charge in [0.25, 0.3) is 5.91 Å². The number of rotatable bonds is 4. The van der Waals surface area contributed by atoms with Crippen LogP contribution in [0.3, 0.4) is 0 Å². The fourth-order valence-corrected chi connectivity index (χ4v) is 2.05. The topological polar surface area (TPSA) is 81.2 Å². The third kappa shape index (κ3) is 2.90. The number of carbonyl (C=O) groups is 1. The van der Waals surface area contributed by atoms with E-state index in [4.69, 9.17) is 8.94 Å². The van der Waals surface area contributed by atoms with Crippen molar-refractivity contribution in [2.24, 2.45) is 0 Å². The minimum Gasteiger partial charge on any atom is -0.464 e. The van der Waals surface area contributed by atoms with E-state index in [1.54, 1.807) is 24.5 Å². The van der Waals surface area contributed by atoms with Gasteiger partial charge in [0.2, 0.25) is 0 Å². The van der Waals surface area contributed by atoms with E-state index in [-0.39, 0.29) is 17.6 Å². The summed E-state index contributed by atoms with van der Waals surface area (Å²) >= 11 is 0. The van der Waals surface area contributed by atoms with Crippen molar-refractivity contribution in [2.75, 3.05) is 0 Å². The number of aromatic nitrogens is 2. The van der Waals surface area contributed by atoms with Crippen LogP contribution < -0.4 is 5.32 Å². The second-order valence-electron chi connectivity index (χ2n) is 4.96. The highest BCUT2D eigenvalue weighted by Gasteiger charge is 2.18. The molecule has 1 amide bonds. The SMILES string of the molecule is Cc1ccc(C(C)NC(=O)c2cc(-c3cccnc3)on2)o1. The van der Waals surface area contributed by atoms with Crippen molar-refractivity contribution in [3.63, 3.8) is 0 Å². The fraction of sp³-hybridized carbons (Fsp3) is 0.188. The van der Waals surface area contributed by atoms with E-state index in [2.05, 4.69) is 15.5 Å². The molecule has 1 N–H and O–H groups in total. The summed E-state index contributed by atoms with van der Waals surface area (Å²) in [6, 6.07) is 8.66. The molecule has 0 spiro atoms. The van der Waals surface area contributed by atoms with E-state index in [9.17, 15) is 4.79 Å². The van der Waals surface area contributed by atoms with E-state index in [0.717, 1.165) is 11.3 Å². The number of nitrogens with zero attached hydrogens (tertiary/aromatic N) is 2. The monoisotopic (exact) mass is 297 g/mol. The molecule has 0 bridgehead atoms. The van der Waals surface area contributed by atoms with E-state index in [0.29, 0.717) is 11.5 Å². The first-order valence-corrected chi connectivity index (χ1v) is 6.88. The maximum absolute atomic E-state index is 12.2. The van der Waals surface area contributed by atoms with Gasteiger partial charge in [-0.2, -0.15) is 0 Å². The molecule has 3 rings (SSSR count). The Balaban J connectivity index is 1.72.